The molecule has 20 heteroatoms. The van der Waals surface area contributed by atoms with E-state index in [4.69, 9.17) is 69.6 Å². The number of rotatable bonds is 14. The zero-order valence-corrected chi connectivity index (χ0v) is 37.3. The first-order valence-corrected chi connectivity index (χ1v) is 20.3. The highest BCUT2D eigenvalue weighted by molar-refractivity contribution is 6.41. The van der Waals surface area contributed by atoms with Crippen molar-refractivity contribution in [2.24, 2.45) is 20.5 Å². The standard InChI is InChI=1S/C42H32Cl6N8O6/c1-19-11-34(50-42(62)36(22(4)58)56-54-28-16-24(14-26(44)18-28)40(60)52-38-31(47)9-6-10-32(38)48)20(2)12-33(19)49-41(61)35(21(3)57)55-53-27-15-23(13-25(43)17-27)39(59)51-37-29(45)7-5-8-30(37)46/h5-18,35-36H,1-4H3,(H,49,61)(H,50,62)(H,51,59)(H,52,60). The second kappa shape index (κ2) is 20.9. The van der Waals surface area contributed by atoms with Gasteiger partial charge < -0.3 is 21.3 Å². The normalized spacial score (nSPS) is 12.2. The van der Waals surface area contributed by atoms with Crippen molar-refractivity contribution in [3.63, 3.8) is 0 Å². The van der Waals surface area contributed by atoms with Gasteiger partial charge >= 0.3 is 0 Å². The highest BCUT2D eigenvalue weighted by Crippen LogP contribution is 2.33. The molecule has 0 heterocycles. The Balaban J connectivity index is 1.27. The number of Topliss-reactive ketones (excluding diaryl/α,β-unsaturated/α-hetero) is 2. The van der Waals surface area contributed by atoms with Gasteiger partial charge in [-0.15, -0.1) is 0 Å². The first kappa shape index (κ1) is 47.3. The quantitative estimate of drug-likeness (QED) is 0.0630. The maximum absolute atomic E-state index is 13.4. The van der Waals surface area contributed by atoms with Crippen molar-refractivity contribution in [3.05, 3.63) is 137 Å². The Morgan fingerprint density at radius 3 is 1.15 bits per heavy atom. The monoisotopic (exact) mass is 954 g/mol. The number of carbonyl (C=O) groups excluding carboxylic acids is 6. The third-order valence-corrected chi connectivity index (χ3v) is 10.3. The average molecular weight is 957 g/mol. The number of hydrogen-bond acceptors (Lipinski definition) is 10. The van der Waals surface area contributed by atoms with Crippen LogP contribution in [0.3, 0.4) is 0 Å². The maximum atomic E-state index is 13.4. The minimum absolute atomic E-state index is 0.0698. The van der Waals surface area contributed by atoms with E-state index >= 15 is 0 Å². The van der Waals surface area contributed by atoms with Crippen molar-refractivity contribution in [2.75, 3.05) is 21.3 Å². The van der Waals surface area contributed by atoms with Gasteiger partial charge in [-0.1, -0.05) is 81.7 Å². The molecule has 2 unspecified atom stereocenters. The van der Waals surface area contributed by atoms with E-state index in [0.717, 1.165) is 13.8 Å². The van der Waals surface area contributed by atoms with Gasteiger partial charge in [-0.2, -0.15) is 20.5 Å². The molecular formula is C42H32Cl6N8O6. The Labute approximate surface area is 384 Å². The van der Waals surface area contributed by atoms with Crippen molar-refractivity contribution >= 4 is 139 Å². The van der Waals surface area contributed by atoms with Crippen molar-refractivity contribution in [1.82, 2.24) is 0 Å². The van der Waals surface area contributed by atoms with Crippen LogP contribution in [0.25, 0.3) is 0 Å². The second-order valence-electron chi connectivity index (χ2n) is 13.4. The van der Waals surface area contributed by atoms with E-state index < -0.39 is 47.3 Å². The molecule has 0 saturated carbocycles. The van der Waals surface area contributed by atoms with Gasteiger partial charge in [-0.25, -0.2) is 0 Å². The van der Waals surface area contributed by atoms with Crippen LogP contribution in [0.2, 0.25) is 30.1 Å². The fraction of sp³-hybridized carbons (Fsp3) is 0.143. The molecule has 0 spiro atoms. The van der Waals surface area contributed by atoms with Crippen molar-refractivity contribution in [2.45, 2.75) is 39.8 Å². The second-order valence-corrected chi connectivity index (χ2v) is 15.9. The van der Waals surface area contributed by atoms with Crippen molar-refractivity contribution in [3.8, 4) is 0 Å². The molecule has 0 bridgehead atoms. The summed E-state index contributed by atoms with van der Waals surface area (Å²) in [5.41, 5.74) is 2.16. The molecule has 14 nitrogen and oxygen atoms in total. The van der Waals surface area contributed by atoms with E-state index in [1.165, 1.54) is 36.4 Å². The summed E-state index contributed by atoms with van der Waals surface area (Å²) in [5.74, 6) is -4.13. The lowest BCUT2D eigenvalue weighted by Crippen LogP contribution is -2.32. The summed E-state index contributed by atoms with van der Waals surface area (Å²) in [7, 11) is 0. The number of aryl methyl sites for hydroxylation is 2. The van der Waals surface area contributed by atoms with Gasteiger partial charge in [-0.05, 0) is 112 Å². The van der Waals surface area contributed by atoms with Gasteiger partial charge in [0, 0.05) is 32.5 Å². The molecule has 62 heavy (non-hydrogen) atoms. The summed E-state index contributed by atoms with van der Waals surface area (Å²) in [6.07, 6.45) is 0. The van der Waals surface area contributed by atoms with Crippen LogP contribution in [-0.2, 0) is 19.2 Å². The fourth-order valence-corrected chi connectivity index (χ4v) is 6.95. The lowest BCUT2D eigenvalue weighted by atomic mass is 10.1. The first-order chi connectivity index (χ1) is 29.3. The number of hydrogen-bond donors (Lipinski definition) is 4. The summed E-state index contributed by atoms with van der Waals surface area (Å²) in [6.45, 7) is 5.59. The van der Waals surface area contributed by atoms with Gasteiger partial charge in [0.05, 0.1) is 42.8 Å². The van der Waals surface area contributed by atoms with Crippen LogP contribution >= 0.6 is 69.6 Å². The molecule has 0 saturated heterocycles. The number of benzene rings is 5. The number of amides is 4. The molecule has 2 atom stereocenters. The largest absolute Gasteiger partial charge is 0.324 e. The lowest BCUT2D eigenvalue weighted by Gasteiger charge is -2.16. The lowest BCUT2D eigenvalue weighted by molar-refractivity contribution is -0.127. The molecule has 0 aliphatic carbocycles. The van der Waals surface area contributed by atoms with E-state index in [-0.39, 0.29) is 75.4 Å². The van der Waals surface area contributed by atoms with Crippen molar-refractivity contribution < 1.29 is 28.8 Å². The molecule has 5 aromatic rings. The average Bonchev–Trinajstić information content (AvgIpc) is 3.19. The maximum Gasteiger partial charge on any atom is 0.258 e. The number of nitrogens with one attached hydrogen (secondary N) is 4. The number of ketones is 2. The van der Waals surface area contributed by atoms with Crippen LogP contribution in [0, 0.1) is 13.8 Å². The van der Waals surface area contributed by atoms with Crippen LogP contribution in [0.1, 0.15) is 45.7 Å². The third kappa shape index (κ3) is 12.2. The van der Waals surface area contributed by atoms with Crippen LogP contribution in [0.15, 0.2) is 105 Å². The van der Waals surface area contributed by atoms with Crippen LogP contribution in [0.4, 0.5) is 34.1 Å². The molecule has 4 amide bonds. The van der Waals surface area contributed by atoms with E-state index in [1.54, 1.807) is 62.4 Å². The van der Waals surface area contributed by atoms with E-state index in [1.807, 2.05) is 0 Å². The Kier molecular flexibility index (Phi) is 15.9. The van der Waals surface area contributed by atoms with Gasteiger partial charge in [0.2, 0.25) is 12.1 Å². The van der Waals surface area contributed by atoms with E-state index in [9.17, 15) is 28.8 Å². The topological polar surface area (TPSA) is 200 Å². The smallest absolute Gasteiger partial charge is 0.258 e. The summed E-state index contributed by atoms with van der Waals surface area (Å²) in [6, 6.07) is 17.5. The molecule has 318 valence electrons. The Morgan fingerprint density at radius 1 is 0.484 bits per heavy atom. The van der Waals surface area contributed by atoms with E-state index in [2.05, 4.69) is 41.7 Å². The highest BCUT2D eigenvalue weighted by Gasteiger charge is 2.26. The highest BCUT2D eigenvalue weighted by atomic mass is 35.5. The summed E-state index contributed by atoms with van der Waals surface area (Å²) < 4.78 is 0. The van der Waals surface area contributed by atoms with Crippen LogP contribution < -0.4 is 21.3 Å². The molecule has 0 aliphatic heterocycles. The summed E-state index contributed by atoms with van der Waals surface area (Å²) in [5, 5.41) is 27.6. The number of para-hydroxylation sites is 2. The summed E-state index contributed by atoms with van der Waals surface area (Å²) >= 11 is 37.2. The number of carbonyl (C=O) groups is 6. The third-order valence-electron chi connectivity index (χ3n) is 8.62. The summed E-state index contributed by atoms with van der Waals surface area (Å²) in [4.78, 5) is 78.0. The zero-order valence-electron chi connectivity index (χ0n) is 32.7. The molecule has 4 N–H and O–H groups in total. The molecule has 0 radical (unpaired) electrons. The zero-order chi connectivity index (χ0) is 45.4. The van der Waals surface area contributed by atoms with Crippen LogP contribution in [0.5, 0.6) is 0 Å². The minimum Gasteiger partial charge on any atom is -0.324 e. The minimum atomic E-state index is -1.60. The predicted molar refractivity (Wildman–Crippen MR) is 243 cm³/mol. The molecule has 0 aliphatic rings. The van der Waals surface area contributed by atoms with E-state index in [0.29, 0.717) is 11.1 Å². The molecule has 5 aromatic carbocycles. The molecular weight excluding hydrogens is 925 g/mol. The SMILES string of the molecule is CC(=O)C(N=Nc1cc(Cl)cc(C(=O)Nc2c(Cl)cccc2Cl)c1)C(=O)Nc1cc(C)c(NC(=O)C(N=Nc2cc(Cl)cc(C(=O)Nc3c(Cl)cccc3Cl)c2)C(C)=O)cc1C. The van der Waals surface area contributed by atoms with Crippen molar-refractivity contribution in [1.29, 1.82) is 0 Å². The number of azo groups is 2. The van der Waals surface area contributed by atoms with Gasteiger partial charge in [0.15, 0.2) is 11.6 Å². The number of nitrogens with zero attached hydrogens (tertiary/aromatic N) is 4. The molecule has 0 aromatic heterocycles. The number of anilines is 4. The molecule has 0 fully saturated rings. The molecule has 5 rings (SSSR count). The Morgan fingerprint density at radius 2 is 0.823 bits per heavy atom. The fourth-order valence-electron chi connectivity index (χ4n) is 5.51. The van der Waals surface area contributed by atoms with Gasteiger partial charge in [-0.3, -0.25) is 28.8 Å². The Bertz CT molecular complexity index is 2490. The van der Waals surface area contributed by atoms with Gasteiger partial charge in [0.1, 0.15) is 0 Å². The first-order valence-electron chi connectivity index (χ1n) is 18.0. The predicted octanol–water partition coefficient (Wildman–Crippen LogP) is 12.1. The van der Waals surface area contributed by atoms with Crippen LogP contribution in [-0.4, -0.2) is 47.3 Å². The van der Waals surface area contributed by atoms with Gasteiger partial charge in [0.25, 0.3) is 23.6 Å². The Hall–Kier alpha value is -5.74. The number of halogens is 6.